The Kier molecular flexibility index (Phi) is 6.59. The molecule has 0 aliphatic rings. The van der Waals surface area contributed by atoms with Gasteiger partial charge in [0.25, 0.3) is 0 Å². The first-order valence-corrected chi connectivity index (χ1v) is 9.67. The van der Waals surface area contributed by atoms with Crippen LogP contribution >= 0.6 is 27.5 Å². The van der Waals surface area contributed by atoms with Crippen molar-refractivity contribution < 1.29 is 9.18 Å². The smallest absolute Gasteiger partial charge is 0.231 e. The largest absolute Gasteiger partial charge is 0.369 e. The minimum Gasteiger partial charge on any atom is -0.369 e. The Morgan fingerprint density at radius 3 is 2.75 bits per heavy atom. The Hall–Kier alpha value is -2.51. The molecule has 8 heteroatoms. The van der Waals surface area contributed by atoms with Crippen molar-refractivity contribution in [2.24, 2.45) is 5.73 Å². The zero-order chi connectivity index (χ0) is 20.1. The van der Waals surface area contributed by atoms with Crippen LogP contribution < -0.4 is 11.1 Å². The van der Waals surface area contributed by atoms with Crippen LogP contribution in [0, 0.1) is 5.82 Å². The lowest BCUT2D eigenvalue weighted by atomic mass is 9.94. The van der Waals surface area contributed by atoms with Gasteiger partial charge in [-0.15, -0.1) is 0 Å². The highest BCUT2D eigenvalue weighted by Crippen LogP contribution is 2.33. The van der Waals surface area contributed by atoms with E-state index >= 15 is 0 Å². The van der Waals surface area contributed by atoms with Crippen molar-refractivity contribution in [1.29, 1.82) is 0 Å². The van der Waals surface area contributed by atoms with Gasteiger partial charge in [0.1, 0.15) is 22.7 Å². The average Bonchev–Trinajstić information content (AvgIpc) is 2.66. The number of hydrogen-bond donors (Lipinski definition) is 2. The molecule has 0 spiro atoms. The fraction of sp³-hybridized carbons (Fsp3) is 0.150. The number of hydrogen-bond acceptors (Lipinski definition) is 4. The first-order chi connectivity index (χ1) is 13.5. The number of nitrogens with one attached hydrogen (secondary N) is 1. The third-order valence-electron chi connectivity index (χ3n) is 4.14. The molecule has 0 saturated carbocycles. The number of primary amides is 1. The molecule has 2 aromatic heterocycles. The molecular formula is C20H17BrClFN4O. The molecule has 1 atom stereocenters. The molecule has 0 bridgehead atoms. The number of aromatic nitrogens is 2. The van der Waals surface area contributed by atoms with Gasteiger partial charge in [-0.1, -0.05) is 29.8 Å². The van der Waals surface area contributed by atoms with Crippen molar-refractivity contribution in [3.8, 4) is 0 Å². The van der Waals surface area contributed by atoms with Crippen molar-refractivity contribution in [2.75, 3.05) is 11.9 Å². The van der Waals surface area contributed by atoms with Crippen molar-refractivity contribution in [2.45, 2.75) is 12.3 Å². The molecule has 144 valence electrons. The third-order valence-corrected chi connectivity index (χ3v) is 5.26. The summed E-state index contributed by atoms with van der Waals surface area (Å²) in [6, 6.07) is 13.4. The van der Waals surface area contributed by atoms with Crippen molar-refractivity contribution >= 4 is 39.3 Å². The van der Waals surface area contributed by atoms with Gasteiger partial charge >= 0.3 is 0 Å². The lowest BCUT2D eigenvalue weighted by Crippen LogP contribution is -2.25. The normalized spacial score (nSPS) is 11.8. The summed E-state index contributed by atoms with van der Waals surface area (Å²) in [5.74, 6) is -1.20. The summed E-state index contributed by atoms with van der Waals surface area (Å²) in [5, 5.41) is 3.43. The second-order valence-corrected chi connectivity index (χ2v) is 7.31. The van der Waals surface area contributed by atoms with Crippen LogP contribution in [0.5, 0.6) is 0 Å². The number of pyridine rings is 2. The van der Waals surface area contributed by atoms with Crippen LogP contribution in [-0.2, 0) is 11.2 Å². The summed E-state index contributed by atoms with van der Waals surface area (Å²) in [4.78, 5) is 20.8. The van der Waals surface area contributed by atoms with Crippen LogP contribution in [0.3, 0.4) is 0 Å². The fourth-order valence-electron chi connectivity index (χ4n) is 2.86. The van der Waals surface area contributed by atoms with Gasteiger partial charge in [0, 0.05) is 18.3 Å². The second-order valence-electron chi connectivity index (χ2n) is 6.10. The Bertz CT molecular complexity index is 987. The molecule has 0 fully saturated rings. The van der Waals surface area contributed by atoms with Crippen LogP contribution in [0.1, 0.15) is 22.7 Å². The van der Waals surface area contributed by atoms with E-state index in [1.54, 1.807) is 36.5 Å². The van der Waals surface area contributed by atoms with Crippen molar-refractivity contribution in [1.82, 2.24) is 9.97 Å². The van der Waals surface area contributed by atoms with E-state index in [1.807, 2.05) is 6.07 Å². The number of carbonyl (C=O) groups excluding carboxylic acids is 1. The summed E-state index contributed by atoms with van der Waals surface area (Å²) >= 11 is 9.50. The van der Waals surface area contributed by atoms with E-state index in [4.69, 9.17) is 17.3 Å². The molecule has 0 aliphatic heterocycles. The molecule has 1 unspecified atom stereocenters. The molecule has 3 aromatic rings. The zero-order valence-electron chi connectivity index (χ0n) is 14.7. The Labute approximate surface area is 175 Å². The predicted octanol–water partition coefficient (Wildman–Crippen LogP) is 4.30. The number of anilines is 1. The number of carbonyl (C=O) groups is 1. The lowest BCUT2D eigenvalue weighted by molar-refractivity contribution is -0.118. The van der Waals surface area contributed by atoms with E-state index in [0.29, 0.717) is 34.5 Å². The van der Waals surface area contributed by atoms with Crippen LogP contribution in [0.15, 0.2) is 59.2 Å². The first-order valence-electron chi connectivity index (χ1n) is 8.50. The molecule has 28 heavy (non-hydrogen) atoms. The Balaban J connectivity index is 1.90. The Morgan fingerprint density at radius 2 is 2.07 bits per heavy atom. The monoisotopic (exact) mass is 462 g/mol. The van der Waals surface area contributed by atoms with Gasteiger partial charge in [0.05, 0.1) is 10.2 Å². The van der Waals surface area contributed by atoms with Crippen molar-refractivity contribution in [3.05, 3.63) is 87.0 Å². The van der Waals surface area contributed by atoms with Gasteiger partial charge in [-0.2, -0.15) is 0 Å². The van der Waals surface area contributed by atoms with Crippen LogP contribution in [0.4, 0.5) is 10.2 Å². The van der Waals surface area contributed by atoms with E-state index in [1.165, 1.54) is 12.1 Å². The molecule has 0 saturated heterocycles. The molecule has 1 amide bonds. The quantitative estimate of drug-likeness (QED) is 0.512. The SMILES string of the molecule is NC(=O)C(c1ccccn1)c1cc(Br)c(Cl)nc1NCCc1cccc(F)c1. The maximum atomic E-state index is 13.3. The van der Waals surface area contributed by atoms with Gasteiger partial charge in [0.2, 0.25) is 5.91 Å². The molecule has 2 heterocycles. The molecule has 3 rings (SSSR count). The summed E-state index contributed by atoms with van der Waals surface area (Å²) < 4.78 is 13.9. The number of nitrogens with zero attached hydrogens (tertiary/aromatic N) is 2. The van der Waals surface area contributed by atoms with Gasteiger partial charge in [-0.3, -0.25) is 9.78 Å². The summed E-state index contributed by atoms with van der Waals surface area (Å²) in [6.07, 6.45) is 2.16. The number of amides is 1. The maximum absolute atomic E-state index is 13.3. The highest BCUT2D eigenvalue weighted by atomic mass is 79.9. The van der Waals surface area contributed by atoms with E-state index in [2.05, 4.69) is 31.2 Å². The van der Waals surface area contributed by atoms with Crippen LogP contribution in [0.25, 0.3) is 0 Å². The zero-order valence-corrected chi connectivity index (χ0v) is 17.0. The van der Waals surface area contributed by atoms with Gasteiger partial charge in [-0.25, -0.2) is 9.37 Å². The first kappa shape index (κ1) is 20.2. The number of benzene rings is 1. The molecule has 0 aliphatic carbocycles. The van der Waals surface area contributed by atoms with Gasteiger partial charge in [-0.05, 0) is 58.2 Å². The third kappa shape index (κ3) is 4.85. The van der Waals surface area contributed by atoms with Crippen molar-refractivity contribution in [3.63, 3.8) is 0 Å². The highest BCUT2D eigenvalue weighted by molar-refractivity contribution is 9.10. The highest BCUT2D eigenvalue weighted by Gasteiger charge is 2.26. The standard InChI is InChI=1S/C20H17BrClFN4O/c21-15-11-14(17(19(24)28)16-6-1-2-8-25-16)20(27-18(15)22)26-9-7-12-4-3-5-13(23)10-12/h1-6,8,10-11,17H,7,9H2,(H2,24,28)(H,26,27). The molecule has 1 aromatic carbocycles. The number of nitrogens with two attached hydrogens (primary N) is 1. The summed E-state index contributed by atoms with van der Waals surface area (Å²) in [5.41, 5.74) is 7.58. The van der Waals surface area contributed by atoms with Crippen LogP contribution in [0.2, 0.25) is 5.15 Å². The Morgan fingerprint density at radius 1 is 1.25 bits per heavy atom. The molecule has 5 nitrogen and oxygen atoms in total. The maximum Gasteiger partial charge on any atom is 0.231 e. The van der Waals surface area contributed by atoms with E-state index in [0.717, 1.165) is 5.56 Å². The minimum absolute atomic E-state index is 0.251. The second kappa shape index (κ2) is 9.12. The van der Waals surface area contributed by atoms with Gasteiger partial charge < -0.3 is 11.1 Å². The predicted molar refractivity (Wildman–Crippen MR) is 111 cm³/mol. The van der Waals surface area contributed by atoms with Gasteiger partial charge in [0.15, 0.2) is 0 Å². The fourth-order valence-corrected chi connectivity index (χ4v) is 3.34. The van der Waals surface area contributed by atoms with Crippen LogP contribution in [-0.4, -0.2) is 22.4 Å². The van der Waals surface area contributed by atoms with E-state index < -0.39 is 11.8 Å². The summed E-state index contributed by atoms with van der Waals surface area (Å²) in [7, 11) is 0. The summed E-state index contributed by atoms with van der Waals surface area (Å²) in [6.45, 7) is 0.467. The topological polar surface area (TPSA) is 80.9 Å². The molecule has 0 radical (unpaired) electrons. The minimum atomic E-state index is -0.793. The van der Waals surface area contributed by atoms with E-state index in [9.17, 15) is 9.18 Å². The molecular weight excluding hydrogens is 447 g/mol. The van der Waals surface area contributed by atoms with E-state index in [-0.39, 0.29) is 11.0 Å². The molecule has 3 N–H and O–H groups in total. The lowest BCUT2D eigenvalue weighted by Gasteiger charge is -2.18. The number of halogens is 3. The average molecular weight is 464 g/mol. The number of rotatable bonds is 7.